The molecule has 98 valence electrons. The highest BCUT2D eigenvalue weighted by atomic mass is 19.3. The van der Waals surface area contributed by atoms with Crippen LogP contribution in [0.25, 0.3) is 0 Å². The summed E-state index contributed by atoms with van der Waals surface area (Å²) in [5.74, 6) is 0. The molecule has 1 rings (SSSR count). The zero-order chi connectivity index (χ0) is 13.1. The van der Waals surface area contributed by atoms with Crippen LogP contribution in [0.4, 0.5) is 8.78 Å². The lowest BCUT2D eigenvalue weighted by atomic mass is 10.1. The van der Waals surface area contributed by atoms with Crippen LogP contribution in [0.2, 0.25) is 0 Å². The number of halogens is 2. The number of aromatic nitrogens is 2. The number of aliphatic hydroxyl groups excluding tert-OH is 1. The van der Waals surface area contributed by atoms with Crippen molar-refractivity contribution in [3.8, 4) is 0 Å². The SMILES string of the molecule is CC(C)(C)n1cc(CNCC(O)C(F)F)cn1. The molecule has 0 saturated carbocycles. The van der Waals surface area contributed by atoms with E-state index in [1.54, 1.807) is 6.20 Å². The molecule has 17 heavy (non-hydrogen) atoms. The molecule has 0 aliphatic rings. The monoisotopic (exact) mass is 247 g/mol. The van der Waals surface area contributed by atoms with Crippen molar-refractivity contribution in [3.05, 3.63) is 18.0 Å². The van der Waals surface area contributed by atoms with Crippen molar-refractivity contribution in [2.24, 2.45) is 0 Å². The summed E-state index contributed by atoms with van der Waals surface area (Å²) in [6.45, 7) is 6.37. The topological polar surface area (TPSA) is 50.1 Å². The Balaban J connectivity index is 2.41. The Hall–Kier alpha value is -1.01. The maximum Gasteiger partial charge on any atom is 0.265 e. The van der Waals surface area contributed by atoms with Crippen LogP contribution >= 0.6 is 0 Å². The lowest BCUT2D eigenvalue weighted by Gasteiger charge is -2.18. The number of alkyl halides is 2. The number of aliphatic hydroxyl groups is 1. The van der Waals surface area contributed by atoms with Gasteiger partial charge >= 0.3 is 0 Å². The third-order valence-corrected chi connectivity index (χ3v) is 2.30. The van der Waals surface area contributed by atoms with Crippen molar-refractivity contribution in [1.82, 2.24) is 15.1 Å². The number of rotatable bonds is 5. The molecule has 4 nitrogen and oxygen atoms in total. The molecule has 1 aromatic rings. The van der Waals surface area contributed by atoms with Gasteiger partial charge in [-0.1, -0.05) is 0 Å². The van der Waals surface area contributed by atoms with Gasteiger partial charge in [-0.05, 0) is 20.8 Å². The number of nitrogens with one attached hydrogen (secondary N) is 1. The lowest BCUT2D eigenvalue weighted by Crippen LogP contribution is -2.31. The fourth-order valence-electron chi connectivity index (χ4n) is 1.27. The maximum atomic E-state index is 12.0. The zero-order valence-corrected chi connectivity index (χ0v) is 10.3. The van der Waals surface area contributed by atoms with Crippen LogP contribution in [0.15, 0.2) is 12.4 Å². The van der Waals surface area contributed by atoms with Crippen LogP contribution in [-0.4, -0.2) is 34.0 Å². The van der Waals surface area contributed by atoms with Gasteiger partial charge in [0.1, 0.15) is 6.10 Å². The summed E-state index contributed by atoms with van der Waals surface area (Å²) in [7, 11) is 0. The van der Waals surface area contributed by atoms with Crippen LogP contribution in [0.5, 0.6) is 0 Å². The summed E-state index contributed by atoms with van der Waals surface area (Å²) in [6, 6.07) is 0. The fraction of sp³-hybridized carbons (Fsp3) is 0.727. The molecule has 0 saturated heterocycles. The average molecular weight is 247 g/mol. The zero-order valence-electron chi connectivity index (χ0n) is 10.3. The second-order valence-electron chi connectivity index (χ2n) is 5.00. The number of hydrogen-bond donors (Lipinski definition) is 2. The second kappa shape index (κ2) is 5.55. The molecule has 0 radical (unpaired) electrons. The van der Waals surface area contributed by atoms with Crippen molar-refractivity contribution in [3.63, 3.8) is 0 Å². The van der Waals surface area contributed by atoms with Gasteiger partial charge in [0.25, 0.3) is 6.43 Å². The molecule has 0 aliphatic carbocycles. The molecule has 0 amide bonds. The average Bonchev–Trinajstić information content (AvgIpc) is 2.65. The van der Waals surface area contributed by atoms with E-state index in [1.807, 2.05) is 31.6 Å². The van der Waals surface area contributed by atoms with Gasteiger partial charge in [-0.2, -0.15) is 5.10 Å². The molecular weight excluding hydrogens is 228 g/mol. The molecule has 1 unspecified atom stereocenters. The van der Waals surface area contributed by atoms with E-state index in [9.17, 15) is 8.78 Å². The molecule has 0 spiro atoms. The van der Waals surface area contributed by atoms with Crippen LogP contribution in [0.3, 0.4) is 0 Å². The van der Waals surface area contributed by atoms with E-state index in [4.69, 9.17) is 5.11 Å². The van der Waals surface area contributed by atoms with Gasteiger partial charge in [-0.3, -0.25) is 4.68 Å². The van der Waals surface area contributed by atoms with Gasteiger partial charge in [0.2, 0.25) is 0 Å². The van der Waals surface area contributed by atoms with Crippen molar-refractivity contribution >= 4 is 0 Å². The predicted molar refractivity (Wildman–Crippen MR) is 60.9 cm³/mol. The smallest absolute Gasteiger partial charge is 0.265 e. The first-order valence-corrected chi connectivity index (χ1v) is 5.51. The minimum Gasteiger partial charge on any atom is -0.386 e. The van der Waals surface area contributed by atoms with E-state index in [-0.39, 0.29) is 12.1 Å². The van der Waals surface area contributed by atoms with Gasteiger partial charge in [-0.25, -0.2) is 8.78 Å². The third-order valence-electron chi connectivity index (χ3n) is 2.30. The first-order valence-electron chi connectivity index (χ1n) is 5.51. The van der Waals surface area contributed by atoms with Crippen LogP contribution < -0.4 is 5.32 Å². The molecule has 1 heterocycles. The van der Waals surface area contributed by atoms with Crippen molar-refractivity contribution in [1.29, 1.82) is 0 Å². The van der Waals surface area contributed by atoms with E-state index in [1.165, 1.54) is 0 Å². The summed E-state index contributed by atoms with van der Waals surface area (Å²) in [5, 5.41) is 15.9. The van der Waals surface area contributed by atoms with Crippen molar-refractivity contribution in [2.45, 2.75) is 45.4 Å². The largest absolute Gasteiger partial charge is 0.386 e. The van der Waals surface area contributed by atoms with E-state index in [2.05, 4.69) is 10.4 Å². The van der Waals surface area contributed by atoms with Crippen LogP contribution in [-0.2, 0) is 12.1 Å². The number of hydrogen-bond acceptors (Lipinski definition) is 3. The Labute approximate surface area is 99.6 Å². The summed E-state index contributed by atoms with van der Waals surface area (Å²) < 4.78 is 25.8. The van der Waals surface area contributed by atoms with E-state index < -0.39 is 12.5 Å². The van der Waals surface area contributed by atoms with Gasteiger partial charge in [0, 0.05) is 24.8 Å². The Morgan fingerprint density at radius 2 is 2.12 bits per heavy atom. The molecule has 0 aliphatic heterocycles. The van der Waals surface area contributed by atoms with Gasteiger partial charge in [0.15, 0.2) is 0 Å². The first-order chi connectivity index (χ1) is 7.80. The predicted octanol–water partition coefficient (Wildman–Crippen LogP) is 1.35. The summed E-state index contributed by atoms with van der Waals surface area (Å²) >= 11 is 0. The summed E-state index contributed by atoms with van der Waals surface area (Å²) in [6.07, 6.45) is -0.776. The Morgan fingerprint density at radius 3 is 2.59 bits per heavy atom. The highest BCUT2D eigenvalue weighted by molar-refractivity contribution is 5.04. The second-order valence-corrected chi connectivity index (χ2v) is 5.00. The maximum absolute atomic E-state index is 12.0. The van der Waals surface area contributed by atoms with E-state index in [0.29, 0.717) is 6.54 Å². The van der Waals surface area contributed by atoms with Crippen LogP contribution in [0.1, 0.15) is 26.3 Å². The molecule has 2 N–H and O–H groups in total. The Kier molecular flexibility index (Phi) is 4.59. The molecule has 6 heteroatoms. The fourth-order valence-corrected chi connectivity index (χ4v) is 1.27. The van der Waals surface area contributed by atoms with Crippen molar-refractivity contribution in [2.75, 3.05) is 6.54 Å². The minimum absolute atomic E-state index is 0.0965. The Bertz CT molecular complexity index is 347. The van der Waals surface area contributed by atoms with E-state index in [0.717, 1.165) is 5.56 Å². The van der Waals surface area contributed by atoms with Gasteiger partial charge in [0.05, 0.1) is 11.7 Å². The molecule has 1 atom stereocenters. The van der Waals surface area contributed by atoms with Gasteiger partial charge < -0.3 is 10.4 Å². The molecule has 0 bridgehead atoms. The summed E-state index contributed by atoms with van der Waals surface area (Å²) in [5.41, 5.74) is 0.808. The third kappa shape index (κ3) is 4.40. The molecule has 0 aromatic carbocycles. The summed E-state index contributed by atoms with van der Waals surface area (Å²) in [4.78, 5) is 0. The quantitative estimate of drug-likeness (QED) is 0.826. The molecular formula is C11H19F2N3O. The van der Waals surface area contributed by atoms with Crippen LogP contribution in [0, 0.1) is 0 Å². The minimum atomic E-state index is -2.71. The van der Waals surface area contributed by atoms with Gasteiger partial charge in [-0.15, -0.1) is 0 Å². The number of nitrogens with zero attached hydrogens (tertiary/aromatic N) is 2. The van der Waals surface area contributed by atoms with Crippen molar-refractivity contribution < 1.29 is 13.9 Å². The standard InChI is InChI=1S/C11H19F2N3O/c1-11(2,3)16-7-8(5-15-16)4-14-6-9(17)10(12)13/h5,7,9-10,14,17H,4,6H2,1-3H3. The Morgan fingerprint density at radius 1 is 1.47 bits per heavy atom. The molecule has 0 fully saturated rings. The first kappa shape index (κ1) is 14.1. The lowest BCUT2D eigenvalue weighted by molar-refractivity contribution is -0.00340. The normalized spacial score (nSPS) is 14.3. The highest BCUT2D eigenvalue weighted by Gasteiger charge is 2.16. The highest BCUT2D eigenvalue weighted by Crippen LogP contribution is 2.13. The molecule has 1 aromatic heterocycles. The van der Waals surface area contributed by atoms with E-state index >= 15 is 0 Å².